The van der Waals surface area contributed by atoms with Crippen molar-refractivity contribution in [1.82, 2.24) is 0 Å². The van der Waals surface area contributed by atoms with Gasteiger partial charge in [0.25, 0.3) is 5.97 Å². The van der Waals surface area contributed by atoms with E-state index in [0.717, 1.165) is 18.3 Å². The van der Waals surface area contributed by atoms with E-state index in [0.29, 0.717) is 0 Å². The van der Waals surface area contributed by atoms with E-state index in [9.17, 15) is 0 Å². The number of nitrogens with zero attached hydrogens (tertiary/aromatic N) is 1. The average molecular weight is 228 g/mol. The molecule has 4 heteroatoms. The van der Waals surface area contributed by atoms with Crippen LogP contribution in [0.2, 0.25) is 0 Å². The van der Waals surface area contributed by atoms with Crippen LogP contribution in [-0.2, 0) is 4.79 Å². The SMILES string of the molecule is C1=Nc2cccc3cccc(c23)N1.CC(=O)O. The Kier molecular flexibility index (Phi) is 3.05. The number of hydrogen-bond acceptors (Lipinski definition) is 3. The lowest BCUT2D eigenvalue weighted by Crippen LogP contribution is -1.99. The quantitative estimate of drug-likeness (QED) is 0.728. The molecule has 3 rings (SSSR count). The average Bonchev–Trinajstić information content (AvgIpc) is 2.30. The standard InChI is InChI=1S/C11H8N2.C2H4O2/c1-3-8-4-2-6-10-11(8)9(5-1)12-7-13-10;1-2(3)4/h1-7H,(H,12,13);1H3,(H,3,4). The van der Waals surface area contributed by atoms with Crippen molar-refractivity contribution < 1.29 is 9.90 Å². The summed E-state index contributed by atoms with van der Waals surface area (Å²) in [7, 11) is 0. The Morgan fingerprint density at radius 1 is 1.24 bits per heavy atom. The van der Waals surface area contributed by atoms with Gasteiger partial charge in [-0.2, -0.15) is 0 Å². The number of aliphatic carboxylic acids is 1. The highest BCUT2D eigenvalue weighted by Crippen LogP contribution is 2.33. The first-order chi connectivity index (χ1) is 8.18. The van der Waals surface area contributed by atoms with Crippen LogP contribution in [0.25, 0.3) is 10.8 Å². The monoisotopic (exact) mass is 228 g/mol. The molecule has 0 unspecified atom stereocenters. The van der Waals surface area contributed by atoms with Crippen molar-refractivity contribution in [2.75, 3.05) is 5.32 Å². The van der Waals surface area contributed by atoms with E-state index >= 15 is 0 Å². The second-order valence-corrected chi connectivity index (χ2v) is 3.60. The highest BCUT2D eigenvalue weighted by atomic mass is 16.4. The molecule has 0 atom stereocenters. The molecule has 1 aliphatic rings. The molecular weight excluding hydrogens is 216 g/mol. The van der Waals surface area contributed by atoms with Gasteiger partial charge < -0.3 is 10.4 Å². The lowest BCUT2D eigenvalue weighted by atomic mass is 10.1. The first kappa shape index (κ1) is 11.1. The second-order valence-electron chi connectivity index (χ2n) is 3.60. The number of hydrogen-bond donors (Lipinski definition) is 2. The molecule has 0 aliphatic carbocycles. The van der Waals surface area contributed by atoms with Gasteiger partial charge in [0.1, 0.15) is 0 Å². The Morgan fingerprint density at radius 3 is 2.59 bits per heavy atom. The fourth-order valence-electron chi connectivity index (χ4n) is 1.72. The Hall–Kier alpha value is -2.36. The van der Waals surface area contributed by atoms with Crippen LogP contribution >= 0.6 is 0 Å². The molecule has 1 aliphatic heterocycles. The van der Waals surface area contributed by atoms with E-state index in [1.54, 1.807) is 6.34 Å². The third-order valence-electron chi connectivity index (χ3n) is 2.31. The molecule has 2 aromatic carbocycles. The van der Waals surface area contributed by atoms with Gasteiger partial charge in [-0.3, -0.25) is 4.79 Å². The number of benzene rings is 2. The molecule has 0 spiro atoms. The van der Waals surface area contributed by atoms with E-state index in [-0.39, 0.29) is 0 Å². The molecule has 4 nitrogen and oxygen atoms in total. The summed E-state index contributed by atoms with van der Waals surface area (Å²) in [6.07, 6.45) is 1.73. The van der Waals surface area contributed by atoms with Crippen LogP contribution in [0.1, 0.15) is 6.92 Å². The molecule has 1 heterocycles. The fraction of sp³-hybridized carbons (Fsp3) is 0.0769. The fourth-order valence-corrected chi connectivity index (χ4v) is 1.72. The second kappa shape index (κ2) is 4.65. The van der Waals surface area contributed by atoms with Gasteiger partial charge in [-0.15, -0.1) is 0 Å². The molecule has 0 aromatic heterocycles. The molecule has 17 heavy (non-hydrogen) atoms. The Morgan fingerprint density at radius 2 is 1.88 bits per heavy atom. The summed E-state index contributed by atoms with van der Waals surface area (Å²) in [6.45, 7) is 1.08. The minimum atomic E-state index is -0.833. The Bertz CT molecular complexity index is 582. The van der Waals surface area contributed by atoms with Crippen molar-refractivity contribution >= 4 is 34.5 Å². The summed E-state index contributed by atoms with van der Waals surface area (Å²) in [5.74, 6) is -0.833. The summed E-state index contributed by atoms with van der Waals surface area (Å²) in [5.41, 5.74) is 2.19. The van der Waals surface area contributed by atoms with Gasteiger partial charge in [0.2, 0.25) is 0 Å². The first-order valence-corrected chi connectivity index (χ1v) is 5.19. The highest BCUT2D eigenvalue weighted by Gasteiger charge is 2.06. The predicted octanol–water partition coefficient (Wildman–Crippen LogP) is 3.02. The molecule has 0 radical (unpaired) electrons. The van der Waals surface area contributed by atoms with Crippen LogP contribution in [0.15, 0.2) is 41.4 Å². The van der Waals surface area contributed by atoms with Gasteiger partial charge in [-0.05, 0) is 17.5 Å². The zero-order chi connectivity index (χ0) is 12.3. The van der Waals surface area contributed by atoms with Crippen LogP contribution in [0.5, 0.6) is 0 Å². The molecule has 0 saturated heterocycles. The summed E-state index contributed by atoms with van der Waals surface area (Å²) < 4.78 is 0. The molecule has 2 aromatic rings. The molecular formula is C13H12N2O2. The van der Waals surface area contributed by atoms with E-state index in [2.05, 4.69) is 28.5 Å². The lowest BCUT2D eigenvalue weighted by molar-refractivity contribution is -0.134. The van der Waals surface area contributed by atoms with Crippen LogP contribution in [0, 0.1) is 0 Å². The molecule has 86 valence electrons. The number of rotatable bonds is 0. The van der Waals surface area contributed by atoms with Crippen LogP contribution in [0.4, 0.5) is 11.4 Å². The van der Waals surface area contributed by atoms with Gasteiger partial charge in [-0.25, -0.2) is 4.99 Å². The number of carboxylic acid groups (broad SMARTS) is 1. The zero-order valence-corrected chi connectivity index (χ0v) is 9.34. The number of carboxylic acids is 1. The number of aliphatic imine (C=N–C) groups is 1. The van der Waals surface area contributed by atoms with Crippen molar-refractivity contribution in [3.05, 3.63) is 36.4 Å². The van der Waals surface area contributed by atoms with Crippen LogP contribution < -0.4 is 5.32 Å². The van der Waals surface area contributed by atoms with E-state index in [1.165, 1.54) is 10.8 Å². The number of nitrogens with one attached hydrogen (secondary N) is 1. The molecule has 2 N–H and O–H groups in total. The minimum absolute atomic E-state index is 0.833. The Labute approximate surface area is 98.6 Å². The maximum atomic E-state index is 9.00. The van der Waals surface area contributed by atoms with Crippen molar-refractivity contribution in [2.24, 2.45) is 4.99 Å². The Balaban J connectivity index is 0.000000239. The van der Waals surface area contributed by atoms with Crippen molar-refractivity contribution in [2.45, 2.75) is 6.92 Å². The third-order valence-corrected chi connectivity index (χ3v) is 2.31. The van der Waals surface area contributed by atoms with Crippen molar-refractivity contribution in [3.63, 3.8) is 0 Å². The van der Waals surface area contributed by atoms with Gasteiger partial charge in [0.15, 0.2) is 0 Å². The van der Waals surface area contributed by atoms with Gasteiger partial charge >= 0.3 is 0 Å². The largest absolute Gasteiger partial charge is 0.481 e. The molecule has 0 bridgehead atoms. The smallest absolute Gasteiger partial charge is 0.300 e. The minimum Gasteiger partial charge on any atom is -0.481 e. The summed E-state index contributed by atoms with van der Waals surface area (Å²) in [4.78, 5) is 13.3. The summed E-state index contributed by atoms with van der Waals surface area (Å²) in [6, 6.07) is 12.4. The highest BCUT2D eigenvalue weighted by molar-refractivity contribution is 6.08. The topological polar surface area (TPSA) is 61.7 Å². The lowest BCUT2D eigenvalue weighted by Gasteiger charge is -2.12. The van der Waals surface area contributed by atoms with E-state index < -0.39 is 5.97 Å². The van der Waals surface area contributed by atoms with Gasteiger partial charge in [-0.1, -0.05) is 24.3 Å². The number of anilines is 1. The normalized spacial score (nSPS) is 11.4. The summed E-state index contributed by atoms with van der Waals surface area (Å²) >= 11 is 0. The van der Waals surface area contributed by atoms with E-state index in [4.69, 9.17) is 9.90 Å². The van der Waals surface area contributed by atoms with Crippen LogP contribution in [-0.4, -0.2) is 17.4 Å². The summed E-state index contributed by atoms with van der Waals surface area (Å²) in [5, 5.41) is 13.0. The van der Waals surface area contributed by atoms with Crippen molar-refractivity contribution in [1.29, 1.82) is 0 Å². The van der Waals surface area contributed by atoms with Crippen LogP contribution in [0.3, 0.4) is 0 Å². The molecule has 0 amide bonds. The van der Waals surface area contributed by atoms with Crippen molar-refractivity contribution in [3.8, 4) is 0 Å². The maximum absolute atomic E-state index is 9.00. The van der Waals surface area contributed by atoms with E-state index in [1.807, 2.05) is 18.2 Å². The van der Waals surface area contributed by atoms with Gasteiger partial charge in [0, 0.05) is 18.0 Å². The first-order valence-electron chi connectivity index (χ1n) is 5.19. The third kappa shape index (κ3) is 2.42. The molecule has 0 saturated carbocycles. The number of carbonyl (C=O) groups is 1. The molecule has 0 fully saturated rings. The maximum Gasteiger partial charge on any atom is 0.300 e. The van der Waals surface area contributed by atoms with Gasteiger partial charge in [0.05, 0.1) is 12.0 Å². The zero-order valence-electron chi connectivity index (χ0n) is 9.34. The predicted molar refractivity (Wildman–Crippen MR) is 69.0 cm³/mol.